The van der Waals surface area contributed by atoms with Gasteiger partial charge in [-0.2, -0.15) is 18.3 Å². The van der Waals surface area contributed by atoms with Gasteiger partial charge < -0.3 is 18.9 Å². The summed E-state index contributed by atoms with van der Waals surface area (Å²) in [7, 11) is 7.04. The van der Waals surface area contributed by atoms with E-state index in [1.54, 1.807) is 28.4 Å². The van der Waals surface area contributed by atoms with E-state index in [4.69, 9.17) is 38.9 Å². The molecule has 4 aromatic rings. The fourth-order valence-electron chi connectivity index (χ4n) is 11.5. The van der Waals surface area contributed by atoms with Crippen LogP contribution in [-0.4, -0.2) is 51.3 Å². The molecule has 9 rings (SSSR count). The summed E-state index contributed by atoms with van der Waals surface area (Å²) in [6.45, 7) is 12.1. The first-order valence-electron chi connectivity index (χ1n) is 29.7. The van der Waals surface area contributed by atoms with Crippen LogP contribution in [0, 0.1) is 0 Å². The zero-order valence-corrected chi connectivity index (χ0v) is 48.9. The van der Waals surface area contributed by atoms with Crippen molar-refractivity contribution in [3.63, 3.8) is 0 Å². The first-order valence-corrected chi connectivity index (χ1v) is 29.7. The second kappa shape index (κ2) is 28.0. The van der Waals surface area contributed by atoms with Crippen molar-refractivity contribution in [2.24, 2.45) is 20.0 Å². The molecule has 0 atom stereocenters. The van der Waals surface area contributed by atoms with Crippen LogP contribution in [0.25, 0.3) is 22.3 Å². The molecule has 80 heavy (non-hydrogen) atoms. The van der Waals surface area contributed by atoms with Crippen molar-refractivity contribution < 1.29 is 37.2 Å². The highest BCUT2D eigenvalue weighted by molar-refractivity contribution is 6.39. The Morgan fingerprint density at radius 1 is 0.287 bits per heavy atom. The molecule has 0 spiro atoms. The molecule has 9 heterocycles. The monoisotopic (exact) mass is 1080 g/mol. The standard InChI is InChI=1S/C68H84N8O4/c1-9-13-17-21-45-73-57(29-25-33-61(73)77-5)65-49-37-39-51(69-49)66(58-30-26-34-62(78-6)74(58)46-22-18-14-10-2)53-41-43-55(71-53)68(60-32-28-36-64(80-8)76(60)48-24-20-16-12-4)56-44-42-54(72-56)67(52-40-38-50(65)70-52)59-31-27-35-63(79-7)75(59)47-23-19-15-11-3/h25-44H,9-24,45-48H2,1-8H3/q+4. The maximum absolute atomic E-state index is 6.18. The normalized spacial score (nSPS) is 15.4. The van der Waals surface area contributed by atoms with E-state index in [1.807, 2.05) is 0 Å². The SMILES string of the molecule is CCCCCC[n+]1c(OC)cccc1C1=C2C=CC(=N2)C(c2cccc(OC)[n+]2CCCCCC)=C2C=CC(=N2)C(c2cccc(OC)[n+]2CCCCCC)=C2C=CC(=N2)C(c2cccc(OC)[n+]2CCCCCC)=C2C=CC1=N2. The average Bonchev–Trinajstić information content (AvgIpc) is 4.43. The summed E-state index contributed by atoms with van der Waals surface area (Å²) in [5.74, 6) is 3.13. The topological polar surface area (TPSA) is 102 Å². The van der Waals surface area contributed by atoms with Gasteiger partial charge >= 0.3 is 23.5 Å². The molecule has 12 heteroatoms. The molecule has 4 aromatic heterocycles. The summed E-state index contributed by atoms with van der Waals surface area (Å²) in [5, 5.41) is 0. The fourth-order valence-corrected chi connectivity index (χ4v) is 11.5. The van der Waals surface area contributed by atoms with Crippen molar-refractivity contribution in [2.45, 2.75) is 157 Å². The maximum Gasteiger partial charge on any atom is 0.367 e. The Bertz CT molecular complexity index is 2880. The molecule has 416 valence electrons. The average molecular weight is 1080 g/mol. The molecule has 0 aliphatic carbocycles. The van der Waals surface area contributed by atoms with Crippen molar-refractivity contribution in [1.29, 1.82) is 0 Å². The first kappa shape index (κ1) is 57.1. The Morgan fingerprint density at radius 3 is 0.713 bits per heavy atom. The lowest BCUT2D eigenvalue weighted by atomic mass is 10.0. The quantitative estimate of drug-likeness (QED) is 0.0418. The minimum atomic E-state index is 0.772. The summed E-state index contributed by atoms with van der Waals surface area (Å²) in [6.07, 6.45) is 35.0. The molecule has 0 amide bonds. The van der Waals surface area contributed by atoms with Gasteiger partial charge in [-0.05, 0) is 98.6 Å². The Labute approximate surface area is 475 Å². The third-order valence-electron chi connectivity index (χ3n) is 15.6. The molecule has 8 bridgehead atoms. The van der Waals surface area contributed by atoms with Gasteiger partial charge in [-0.3, -0.25) is 0 Å². The van der Waals surface area contributed by atoms with Gasteiger partial charge in [-0.25, -0.2) is 20.0 Å². The maximum atomic E-state index is 6.18. The highest BCUT2D eigenvalue weighted by atomic mass is 16.5. The van der Waals surface area contributed by atoms with E-state index < -0.39 is 0 Å². The van der Waals surface area contributed by atoms with Gasteiger partial charge in [0, 0.05) is 49.9 Å². The van der Waals surface area contributed by atoms with Crippen molar-refractivity contribution in [1.82, 2.24) is 0 Å². The van der Waals surface area contributed by atoms with E-state index in [-0.39, 0.29) is 0 Å². The Kier molecular flexibility index (Phi) is 20.0. The van der Waals surface area contributed by atoms with Gasteiger partial charge in [-0.1, -0.05) is 79.1 Å². The van der Waals surface area contributed by atoms with Gasteiger partial charge in [0.1, 0.15) is 0 Å². The number of fused-ring (bicyclic) bond motifs is 4. The predicted molar refractivity (Wildman–Crippen MR) is 323 cm³/mol. The zero-order chi connectivity index (χ0) is 55.8. The fraction of sp³-hybridized carbons (Fsp3) is 0.412. The zero-order valence-electron chi connectivity index (χ0n) is 48.9. The van der Waals surface area contributed by atoms with Crippen LogP contribution in [0.5, 0.6) is 23.5 Å². The summed E-state index contributed by atoms with van der Waals surface area (Å²) in [5.41, 5.74) is 13.9. The Hall–Kier alpha value is -7.60. The number of hydrogen-bond acceptors (Lipinski definition) is 8. The third kappa shape index (κ3) is 12.5. The van der Waals surface area contributed by atoms with Gasteiger partial charge in [0.25, 0.3) is 0 Å². The summed E-state index contributed by atoms with van der Waals surface area (Å²) in [4.78, 5) is 23.0. The number of methoxy groups -OCH3 is 4. The van der Waals surface area contributed by atoms with Gasteiger partial charge in [0.15, 0.2) is 26.2 Å². The highest BCUT2D eigenvalue weighted by Crippen LogP contribution is 2.38. The van der Waals surface area contributed by atoms with Crippen LogP contribution < -0.4 is 37.2 Å². The number of hydrogen-bond donors (Lipinski definition) is 0. The van der Waals surface area contributed by atoms with E-state index in [9.17, 15) is 0 Å². The molecule has 0 saturated carbocycles. The smallest absolute Gasteiger partial charge is 0.367 e. The molecule has 0 N–H and O–H groups in total. The number of unbranched alkanes of at least 4 members (excludes halogenated alkanes) is 12. The minimum Gasteiger partial charge on any atom is -0.448 e. The van der Waals surface area contributed by atoms with Gasteiger partial charge in [-0.15, -0.1) is 0 Å². The largest absolute Gasteiger partial charge is 0.448 e. The Balaban J connectivity index is 1.39. The molecule has 0 radical (unpaired) electrons. The van der Waals surface area contributed by atoms with Crippen molar-refractivity contribution in [2.75, 3.05) is 28.4 Å². The van der Waals surface area contributed by atoms with Crippen molar-refractivity contribution >= 4 is 45.1 Å². The number of pyridine rings is 4. The van der Waals surface area contributed by atoms with E-state index in [2.05, 4.69) is 167 Å². The Morgan fingerprint density at radius 2 is 0.512 bits per heavy atom. The lowest BCUT2D eigenvalue weighted by Crippen LogP contribution is -2.41. The van der Waals surface area contributed by atoms with Crippen molar-refractivity contribution in [3.05, 3.63) is 167 Å². The van der Waals surface area contributed by atoms with E-state index in [0.717, 1.165) is 217 Å². The van der Waals surface area contributed by atoms with Crippen LogP contribution in [-0.2, 0) is 26.2 Å². The van der Waals surface area contributed by atoms with Crippen LogP contribution >= 0.6 is 0 Å². The highest BCUT2D eigenvalue weighted by Gasteiger charge is 2.37. The lowest BCUT2D eigenvalue weighted by molar-refractivity contribution is -0.704. The number of nitrogens with zero attached hydrogens (tertiary/aromatic N) is 8. The molecule has 5 aliphatic heterocycles. The lowest BCUT2D eigenvalue weighted by Gasteiger charge is -2.14. The number of ether oxygens (including phenoxy) is 4. The number of aromatic nitrogens is 4. The predicted octanol–water partition coefficient (Wildman–Crippen LogP) is 13.2. The van der Waals surface area contributed by atoms with Crippen LogP contribution in [0.2, 0.25) is 0 Å². The molecule has 0 saturated heterocycles. The van der Waals surface area contributed by atoms with Crippen LogP contribution in [0.1, 0.15) is 153 Å². The third-order valence-corrected chi connectivity index (χ3v) is 15.6. The molecule has 5 aliphatic rings. The number of allylic oxidation sites excluding steroid dienone is 12. The van der Waals surface area contributed by atoms with Gasteiger partial charge in [0.2, 0.25) is 22.8 Å². The second-order valence-corrected chi connectivity index (χ2v) is 21.0. The second-order valence-electron chi connectivity index (χ2n) is 21.0. The summed E-state index contributed by atoms with van der Waals surface area (Å²) in [6, 6.07) is 25.3. The van der Waals surface area contributed by atoms with Crippen LogP contribution in [0.15, 0.2) is 164 Å². The molecule has 0 aromatic carbocycles. The number of rotatable bonds is 28. The van der Waals surface area contributed by atoms with Crippen LogP contribution in [0.3, 0.4) is 0 Å². The molecular weight excluding hydrogens is 993 g/mol. The van der Waals surface area contributed by atoms with E-state index in [1.165, 1.54) is 25.7 Å². The molecular formula is C68H84N8O4+4. The van der Waals surface area contributed by atoms with Gasteiger partial charge in [0.05, 0.1) is 121 Å². The van der Waals surface area contributed by atoms with Crippen LogP contribution in [0.4, 0.5) is 0 Å². The summed E-state index contributed by atoms with van der Waals surface area (Å²) < 4.78 is 34.0. The van der Waals surface area contributed by atoms with Crippen molar-refractivity contribution in [3.8, 4) is 23.5 Å². The molecule has 0 unspecified atom stereocenters. The summed E-state index contributed by atoms with van der Waals surface area (Å²) >= 11 is 0. The van der Waals surface area contributed by atoms with E-state index >= 15 is 0 Å². The minimum absolute atomic E-state index is 0.772. The molecule has 0 fully saturated rings. The van der Waals surface area contributed by atoms with E-state index in [0.29, 0.717) is 0 Å². The number of aliphatic imine (C=N–C) groups is 4. The first-order chi connectivity index (χ1) is 39.4. The molecule has 12 nitrogen and oxygen atoms in total.